The molecule has 0 spiro atoms. The van der Waals surface area contributed by atoms with Crippen molar-refractivity contribution in [3.05, 3.63) is 76.9 Å². The fraction of sp³-hybridized carbons (Fsp3) is 0.0476. The van der Waals surface area contributed by atoms with Crippen LogP contribution in [0, 0.1) is 0 Å². The zero-order chi connectivity index (χ0) is 19.1. The van der Waals surface area contributed by atoms with E-state index in [1.165, 1.54) is 6.07 Å². The molecular formula is C21H15NO4Se. The molecule has 0 radical (unpaired) electrons. The molecule has 5 nitrogen and oxygen atoms in total. The molecule has 0 saturated heterocycles. The van der Waals surface area contributed by atoms with E-state index in [0.29, 0.717) is 10.0 Å². The number of hydrogen-bond acceptors (Lipinski definition) is 5. The fourth-order valence-electron chi connectivity index (χ4n) is 3.13. The maximum atomic E-state index is 13.0. The molecular weight excluding hydrogens is 409 g/mol. The zero-order valence-corrected chi connectivity index (χ0v) is 16.1. The van der Waals surface area contributed by atoms with Crippen molar-refractivity contribution in [2.24, 2.45) is 0 Å². The van der Waals surface area contributed by atoms with Crippen molar-refractivity contribution in [3.8, 4) is 11.5 Å². The Bertz CT molecular complexity index is 1090. The van der Waals surface area contributed by atoms with E-state index in [1.807, 2.05) is 24.3 Å². The summed E-state index contributed by atoms with van der Waals surface area (Å²) in [7, 11) is 1.60. The van der Waals surface area contributed by atoms with Gasteiger partial charge in [-0.25, -0.2) is 0 Å². The average Bonchev–Trinajstić information content (AvgIpc) is 2.69. The van der Waals surface area contributed by atoms with Gasteiger partial charge in [0, 0.05) is 0 Å². The number of ketones is 2. The number of rotatable bonds is 3. The van der Waals surface area contributed by atoms with Gasteiger partial charge in [-0.1, -0.05) is 0 Å². The Morgan fingerprint density at radius 2 is 1.52 bits per heavy atom. The van der Waals surface area contributed by atoms with Crippen molar-refractivity contribution >= 4 is 41.1 Å². The summed E-state index contributed by atoms with van der Waals surface area (Å²) in [6.07, 6.45) is 0. The first-order valence-electron chi connectivity index (χ1n) is 8.17. The second-order valence-corrected chi connectivity index (χ2v) is 8.38. The van der Waals surface area contributed by atoms with Gasteiger partial charge in [0.2, 0.25) is 0 Å². The normalized spacial score (nSPS) is 12.5. The van der Waals surface area contributed by atoms with Crippen molar-refractivity contribution in [2.75, 3.05) is 12.8 Å². The second-order valence-electron chi connectivity index (χ2n) is 6.04. The first-order chi connectivity index (χ1) is 13.0. The SMILES string of the molecule is COc1ccc([Se]c2cc(O)c3c(c2N)C(=O)c2ccccc2C3=O)cc1. The molecule has 4 rings (SSSR count). The first-order valence-corrected chi connectivity index (χ1v) is 9.88. The third-order valence-electron chi connectivity index (χ3n) is 4.47. The Kier molecular flexibility index (Phi) is 4.22. The summed E-state index contributed by atoms with van der Waals surface area (Å²) in [5, 5.41) is 10.5. The van der Waals surface area contributed by atoms with Crippen LogP contribution < -0.4 is 19.4 Å². The Labute approximate surface area is 161 Å². The number of ether oxygens (including phenoxy) is 1. The van der Waals surface area contributed by atoms with Crippen LogP contribution in [-0.2, 0) is 0 Å². The average molecular weight is 424 g/mol. The van der Waals surface area contributed by atoms with E-state index in [-0.39, 0.29) is 54.7 Å². The number of carbonyl (C=O) groups excluding carboxylic acids is 2. The number of benzene rings is 3. The number of anilines is 1. The van der Waals surface area contributed by atoms with E-state index < -0.39 is 0 Å². The number of methoxy groups -OCH3 is 1. The fourth-order valence-corrected chi connectivity index (χ4v) is 5.04. The Hall–Kier alpha value is -3.08. The van der Waals surface area contributed by atoms with Gasteiger partial charge >= 0.3 is 162 Å². The van der Waals surface area contributed by atoms with Gasteiger partial charge in [0.05, 0.1) is 0 Å². The number of hydrogen-bond donors (Lipinski definition) is 2. The summed E-state index contributed by atoms with van der Waals surface area (Å²) in [4.78, 5) is 25.8. The van der Waals surface area contributed by atoms with Crippen LogP contribution in [0.25, 0.3) is 0 Å². The molecule has 0 aliphatic heterocycles. The summed E-state index contributed by atoms with van der Waals surface area (Å²) < 4.78 is 6.82. The molecule has 1 aliphatic carbocycles. The Morgan fingerprint density at radius 1 is 0.926 bits per heavy atom. The van der Waals surface area contributed by atoms with Crippen molar-refractivity contribution in [1.29, 1.82) is 0 Å². The van der Waals surface area contributed by atoms with Crippen LogP contribution >= 0.6 is 0 Å². The van der Waals surface area contributed by atoms with Crippen LogP contribution in [-0.4, -0.2) is 38.7 Å². The first kappa shape index (κ1) is 17.3. The molecule has 0 saturated carbocycles. The number of phenolic OH excluding ortho intramolecular Hbond substituents is 1. The van der Waals surface area contributed by atoms with Crippen molar-refractivity contribution in [3.63, 3.8) is 0 Å². The van der Waals surface area contributed by atoms with Gasteiger partial charge in [-0.05, 0) is 0 Å². The maximum absolute atomic E-state index is 13.0. The molecule has 0 fully saturated rings. The molecule has 0 aromatic heterocycles. The number of nitrogen functional groups attached to an aromatic ring is 1. The van der Waals surface area contributed by atoms with Crippen LogP contribution in [0.15, 0.2) is 54.6 Å². The predicted molar refractivity (Wildman–Crippen MR) is 104 cm³/mol. The summed E-state index contributed by atoms with van der Waals surface area (Å²) in [5.74, 6) is -0.182. The van der Waals surface area contributed by atoms with Gasteiger partial charge in [-0.3, -0.25) is 0 Å². The minimum atomic E-state index is -0.382. The third-order valence-corrected chi connectivity index (χ3v) is 6.70. The van der Waals surface area contributed by atoms with Gasteiger partial charge < -0.3 is 0 Å². The molecule has 0 amide bonds. The van der Waals surface area contributed by atoms with Crippen LogP contribution in [0.3, 0.4) is 0 Å². The van der Waals surface area contributed by atoms with Crippen LogP contribution in [0.1, 0.15) is 31.8 Å². The molecule has 0 heterocycles. The molecule has 1 aliphatic rings. The molecule has 3 aromatic rings. The van der Waals surface area contributed by atoms with Crippen LogP contribution in [0.5, 0.6) is 11.5 Å². The second kappa shape index (κ2) is 6.58. The molecule has 3 aromatic carbocycles. The standard InChI is InChI=1S/C21H15NO4Se/c1-26-11-6-8-12(9-7-11)27-16-10-15(23)17-18(19(16)22)21(25)14-5-3-2-4-13(14)20(17)24/h2-10,23H,22H2,1H3. The van der Waals surface area contributed by atoms with E-state index in [4.69, 9.17) is 10.5 Å². The number of carbonyl (C=O) groups is 2. The summed E-state index contributed by atoms with van der Waals surface area (Å²) >= 11 is -0.247. The van der Waals surface area contributed by atoms with Gasteiger partial charge in [-0.2, -0.15) is 0 Å². The zero-order valence-electron chi connectivity index (χ0n) is 14.4. The monoisotopic (exact) mass is 425 g/mol. The summed E-state index contributed by atoms with van der Waals surface area (Å²) in [5.41, 5.74) is 7.25. The summed E-state index contributed by atoms with van der Waals surface area (Å²) in [6.45, 7) is 0. The predicted octanol–water partition coefficient (Wildman–Crippen LogP) is 1.41. The quantitative estimate of drug-likeness (QED) is 0.295. The topological polar surface area (TPSA) is 89.6 Å². The number of nitrogens with two attached hydrogens (primary N) is 1. The molecule has 6 heteroatoms. The molecule has 27 heavy (non-hydrogen) atoms. The molecule has 0 bridgehead atoms. The van der Waals surface area contributed by atoms with E-state index in [2.05, 4.69) is 0 Å². The van der Waals surface area contributed by atoms with E-state index in [0.717, 1.165) is 10.2 Å². The van der Waals surface area contributed by atoms with Crippen LogP contribution in [0.2, 0.25) is 0 Å². The van der Waals surface area contributed by atoms with Crippen molar-refractivity contribution in [2.45, 2.75) is 0 Å². The van der Waals surface area contributed by atoms with Gasteiger partial charge in [-0.15, -0.1) is 0 Å². The third kappa shape index (κ3) is 2.79. The van der Waals surface area contributed by atoms with Gasteiger partial charge in [0.1, 0.15) is 0 Å². The molecule has 0 unspecified atom stereocenters. The van der Waals surface area contributed by atoms with Gasteiger partial charge in [0.25, 0.3) is 0 Å². The summed E-state index contributed by atoms with van der Waals surface area (Å²) in [6, 6.07) is 15.6. The van der Waals surface area contributed by atoms with Crippen molar-refractivity contribution < 1.29 is 19.4 Å². The minimum absolute atomic E-state index is 0.00881. The molecule has 3 N–H and O–H groups in total. The number of aromatic hydroxyl groups is 1. The Morgan fingerprint density at radius 3 is 2.11 bits per heavy atom. The Balaban J connectivity index is 1.82. The number of phenols is 1. The van der Waals surface area contributed by atoms with Crippen molar-refractivity contribution in [1.82, 2.24) is 0 Å². The van der Waals surface area contributed by atoms with Crippen LogP contribution in [0.4, 0.5) is 5.69 Å². The van der Waals surface area contributed by atoms with E-state index in [1.54, 1.807) is 31.4 Å². The van der Waals surface area contributed by atoms with E-state index >= 15 is 0 Å². The van der Waals surface area contributed by atoms with Gasteiger partial charge in [0.15, 0.2) is 0 Å². The molecule has 0 atom stereocenters. The molecule has 134 valence electrons. The van der Waals surface area contributed by atoms with E-state index in [9.17, 15) is 14.7 Å². The number of fused-ring (bicyclic) bond motifs is 2.